The number of aromatic amines is 1. The number of carbonyl (C=O) groups excluding carboxylic acids is 1. The monoisotopic (exact) mass is 359 g/mol. The maximum absolute atomic E-state index is 12.2. The lowest BCUT2D eigenvalue weighted by Crippen LogP contribution is -2.13. The van der Waals surface area contributed by atoms with Crippen LogP contribution in [0, 0.1) is 0 Å². The lowest BCUT2D eigenvalue weighted by molar-refractivity contribution is 0.102. The number of nitrogen functional groups attached to an aromatic ring is 1. The van der Waals surface area contributed by atoms with Gasteiger partial charge in [0.25, 0.3) is 5.91 Å². The fraction of sp³-hybridized carbons (Fsp3) is 0.105. The molecule has 8 nitrogen and oxygen atoms in total. The third-order valence-corrected chi connectivity index (χ3v) is 4.30. The van der Waals surface area contributed by atoms with Crippen LogP contribution in [0.1, 0.15) is 23.0 Å². The molecule has 0 spiro atoms. The molecule has 0 aliphatic rings. The molecule has 0 radical (unpaired) electrons. The van der Waals surface area contributed by atoms with Crippen LogP contribution in [0.3, 0.4) is 0 Å². The standard InChI is InChI=1S/C19H17N7O/c1-2-11-3-5-21-9-13(11)16-7-12-8-17(22-10-14(12)18(20)24-16)25-19(27)15-4-6-23-26-15/h3-10H,2H2,1H3,(H2,20,24)(H,23,26)(H,22,25,27). The van der Waals surface area contributed by atoms with Crippen LogP contribution in [0.25, 0.3) is 22.0 Å². The van der Waals surface area contributed by atoms with Crippen LogP contribution in [0.2, 0.25) is 0 Å². The van der Waals surface area contributed by atoms with E-state index in [2.05, 4.69) is 37.4 Å². The van der Waals surface area contributed by atoms with E-state index in [0.29, 0.717) is 17.3 Å². The lowest BCUT2D eigenvalue weighted by Gasteiger charge is -2.10. The number of aryl methyl sites for hydroxylation is 1. The second-order valence-electron chi connectivity index (χ2n) is 5.99. The number of nitrogens with two attached hydrogens (primary N) is 1. The summed E-state index contributed by atoms with van der Waals surface area (Å²) in [7, 11) is 0. The van der Waals surface area contributed by atoms with Crippen molar-refractivity contribution in [2.75, 3.05) is 11.1 Å². The first kappa shape index (κ1) is 16.6. The Morgan fingerprint density at radius 3 is 2.89 bits per heavy atom. The average molecular weight is 359 g/mol. The summed E-state index contributed by atoms with van der Waals surface area (Å²) in [6.07, 6.45) is 7.53. The predicted octanol–water partition coefficient (Wildman–Crippen LogP) is 2.81. The molecule has 0 bridgehead atoms. The molecule has 4 N–H and O–H groups in total. The number of H-pyrrole nitrogens is 1. The highest BCUT2D eigenvalue weighted by molar-refractivity contribution is 6.03. The average Bonchev–Trinajstić information content (AvgIpc) is 3.22. The number of fused-ring (bicyclic) bond motifs is 1. The van der Waals surface area contributed by atoms with Gasteiger partial charge in [-0.15, -0.1) is 0 Å². The molecule has 4 heterocycles. The molecule has 0 unspecified atom stereocenters. The number of nitrogens with zero attached hydrogens (tertiary/aromatic N) is 4. The van der Waals surface area contributed by atoms with E-state index in [9.17, 15) is 4.79 Å². The zero-order chi connectivity index (χ0) is 18.8. The number of anilines is 2. The Kier molecular flexibility index (Phi) is 4.21. The van der Waals surface area contributed by atoms with Gasteiger partial charge in [-0.25, -0.2) is 9.97 Å². The molecular formula is C19H17N7O. The molecule has 0 fully saturated rings. The lowest BCUT2D eigenvalue weighted by atomic mass is 10.0. The minimum atomic E-state index is -0.317. The van der Waals surface area contributed by atoms with Gasteiger partial charge in [0.2, 0.25) is 0 Å². The Hall–Kier alpha value is -3.81. The van der Waals surface area contributed by atoms with E-state index in [0.717, 1.165) is 34.0 Å². The minimum absolute atomic E-state index is 0.317. The van der Waals surface area contributed by atoms with Gasteiger partial charge in [0.15, 0.2) is 0 Å². The molecule has 27 heavy (non-hydrogen) atoms. The molecule has 8 heteroatoms. The van der Waals surface area contributed by atoms with Crippen LogP contribution in [-0.4, -0.2) is 31.1 Å². The molecule has 0 saturated carbocycles. The van der Waals surface area contributed by atoms with E-state index < -0.39 is 0 Å². The number of pyridine rings is 3. The second kappa shape index (κ2) is 6.83. The summed E-state index contributed by atoms with van der Waals surface area (Å²) >= 11 is 0. The molecule has 0 atom stereocenters. The van der Waals surface area contributed by atoms with E-state index in [1.54, 1.807) is 30.7 Å². The molecule has 0 aliphatic heterocycles. The van der Waals surface area contributed by atoms with Gasteiger partial charge in [-0.1, -0.05) is 6.92 Å². The molecule has 4 rings (SSSR count). The van der Waals surface area contributed by atoms with Gasteiger partial charge < -0.3 is 11.1 Å². The number of hydrogen-bond donors (Lipinski definition) is 3. The highest BCUT2D eigenvalue weighted by Gasteiger charge is 2.12. The molecule has 0 aliphatic carbocycles. The summed E-state index contributed by atoms with van der Waals surface area (Å²) in [5.74, 6) is 0.482. The molecule has 0 saturated heterocycles. The Labute approximate surface area is 154 Å². The summed E-state index contributed by atoms with van der Waals surface area (Å²) in [4.78, 5) is 25.2. The Bertz CT molecular complexity index is 1120. The van der Waals surface area contributed by atoms with Crippen molar-refractivity contribution in [3.05, 3.63) is 60.3 Å². The summed E-state index contributed by atoms with van der Waals surface area (Å²) in [5.41, 5.74) is 9.31. The maximum Gasteiger partial charge on any atom is 0.274 e. The Morgan fingerprint density at radius 2 is 2.11 bits per heavy atom. The quantitative estimate of drug-likeness (QED) is 0.515. The minimum Gasteiger partial charge on any atom is -0.383 e. The normalized spacial score (nSPS) is 10.9. The first-order valence-electron chi connectivity index (χ1n) is 8.46. The van der Waals surface area contributed by atoms with Crippen molar-refractivity contribution in [3.8, 4) is 11.3 Å². The van der Waals surface area contributed by atoms with Crippen LogP contribution in [0.15, 0.2) is 49.1 Å². The molecular weight excluding hydrogens is 342 g/mol. The van der Waals surface area contributed by atoms with E-state index in [4.69, 9.17) is 5.73 Å². The van der Waals surface area contributed by atoms with Crippen molar-refractivity contribution in [1.82, 2.24) is 25.1 Å². The third-order valence-electron chi connectivity index (χ3n) is 4.30. The fourth-order valence-corrected chi connectivity index (χ4v) is 2.91. The van der Waals surface area contributed by atoms with Gasteiger partial charge in [0.05, 0.1) is 5.69 Å². The largest absolute Gasteiger partial charge is 0.383 e. The van der Waals surface area contributed by atoms with Crippen LogP contribution in [-0.2, 0) is 6.42 Å². The summed E-state index contributed by atoms with van der Waals surface area (Å²) in [6.45, 7) is 2.08. The van der Waals surface area contributed by atoms with E-state index >= 15 is 0 Å². The first-order chi connectivity index (χ1) is 13.2. The zero-order valence-electron chi connectivity index (χ0n) is 14.6. The van der Waals surface area contributed by atoms with Crippen molar-refractivity contribution in [2.24, 2.45) is 0 Å². The summed E-state index contributed by atoms with van der Waals surface area (Å²) in [6, 6.07) is 7.26. The second-order valence-corrected chi connectivity index (χ2v) is 5.99. The van der Waals surface area contributed by atoms with Crippen LogP contribution >= 0.6 is 0 Å². The van der Waals surface area contributed by atoms with Crippen LogP contribution in [0.4, 0.5) is 11.6 Å². The number of aromatic nitrogens is 5. The van der Waals surface area contributed by atoms with E-state index in [1.807, 2.05) is 12.1 Å². The molecule has 4 aromatic heterocycles. The van der Waals surface area contributed by atoms with Crippen LogP contribution < -0.4 is 11.1 Å². The summed E-state index contributed by atoms with van der Waals surface area (Å²) < 4.78 is 0. The van der Waals surface area contributed by atoms with Crippen molar-refractivity contribution in [1.29, 1.82) is 0 Å². The van der Waals surface area contributed by atoms with Gasteiger partial charge in [-0.05, 0) is 41.6 Å². The highest BCUT2D eigenvalue weighted by Crippen LogP contribution is 2.29. The molecule has 0 aromatic carbocycles. The van der Waals surface area contributed by atoms with Crippen LogP contribution in [0.5, 0.6) is 0 Å². The van der Waals surface area contributed by atoms with Gasteiger partial charge >= 0.3 is 0 Å². The van der Waals surface area contributed by atoms with Gasteiger partial charge in [0.1, 0.15) is 17.3 Å². The zero-order valence-corrected chi connectivity index (χ0v) is 14.6. The number of nitrogens with one attached hydrogen (secondary N) is 2. The Morgan fingerprint density at radius 1 is 1.22 bits per heavy atom. The SMILES string of the molecule is CCc1ccncc1-c1cc2cc(NC(=O)c3ccn[nH]3)ncc2c(N)n1. The number of hydrogen-bond acceptors (Lipinski definition) is 6. The van der Waals surface area contributed by atoms with Crippen molar-refractivity contribution >= 4 is 28.3 Å². The maximum atomic E-state index is 12.2. The first-order valence-corrected chi connectivity index (χ1v) is 8.46. The van der Waals surface area contributed by atoms with E-state index in [-0.39, 0.29) is 5.91 Å². The number of amides is 1. The predicted molar refractivity (Wildman–Crippen MR) is 103 cm³/mol. The number of carbonyl (C=O) groups is 1. The molecule has 1 amide bonds. The Balaban J connectivity index is 1.75. The molecule has 134 valence electrons. The topological polar surface area (TPSA) is 122 Å². The number of rotatable bonds is 4. The molecule has 4 aromatic rings. The summed E-state index contributed by atoms with van der Waals surface area (Å²) in [5, 5.41) is 10.7. The van der Waals surface area contributed by atoms with Gasteiger partial charge in [-0.2, -0.15) is 5.10 Å². The van der Waals surface area contributed by atoms with Gasteiger partial charge in [-0.3, -0.25) is 14.9 Å². The van der Waals surface area contributed by atoms with Crippen molar-refractivity contribution < 1.29 is 4.79 Å². The van der Waals surface area contributed by atoms with Gasteiger partial charge in [0, 0.05) is 35.7 Å². The third kappa shape index (κ3) is 3.20. The van der Waals surface area contributed by atoms with E-state index in [1.165, 1.54) is 6.20 Å². The smallest absolute Gasteiger partial charge is 0.274 e. The fourth-order valence-electron chi connectivity index (χ4n) is 2.91. The van der Waals surface area contributed by atoms with Crippen molar-refractivity contribution in [2.45, 2.75) is 13.3 Å². The van der Waals surface area contributed by atoms with Crippen molar-refractivity contribution in [3.63, 3.8) is 0 Å². The highest BCUT2D eigenvalue weighted by atomic mass is 16.2.